The number of aliphatic hydroxyl groups is 2. The third-order valence-corrected chi connectivity index (χ3v) is 1.80. The monoisotopic (exact) mass is 188 g/mol. The van der Waals surface area contributed by atoms with Gasteiger partial charge in [-0.25, -0.2) is 4.48 Å². The number of aliphatic hydroxyl groups excluding tert-OH is 2. The maximum absolute atomic E-state index is 12.2. The molecule has 0 spiro atoms. The first-order valence-corrected chi connectivity index (χ1v) is 3.50. The minimum atomic E-state index is -4.43. The van der Waals surface area contributed by atoms with Crippen molar-refractivity contribution < 1.29 is 27.9 Å². The predicted molar refractivity (Wildman–Crippen MR) is 36.1 cm³/mol. The Hall–Kier alpha value is -0.330. The van der Waals surface area contributed by atoms with Gasteiger partial charge in [0.25, 0.3) is 0 Å². The van der Waals surface area contributed by atoms with E-state index < -0.39 is 37.1 Å². The fraction of sp³-hybridized carbons (Fsp3) is 1.00. The Kier molecular flexibility index (Phi) is 3.95. The fourth-order valence-electron chi connectivity index (χ4n) is 0.807. The Morgan fingerprint density at radius 2 is 1.42 bits per heavy atom. The van der Waals surface area contributed by atoms with Crippen LogP contribution in [0.2, 0.25) is 0 Å². The van der Waals surface area contributed by atoms with E-state index in [4.69, 9.17) is 10.2 Å². The van der Waals surface area contributed by atoms with Gasteiger partial charge in [0.2, 0.25) is 0 Å². The summed E-state index contributed by atoms with van der Waals surface area (Å²) in [4.78, 5) is 0. The molecule has 0 aromatic heterocycles. The van der Waals surface area contributed by atoms with Crippen molar-refractivity contribution in [3.63, 3.8) is 0 Å². The minimum absolute atomic E-state index is 0.427. The van der Waals surface area contributed by atoms with Crippen LogP contribution in [0.5, 0.6) is 0 Å². The minimum Gasteiger partial charge on any atom is -0.391 e. The van der Waals surface area contributed by atoms with Crippen molar-refractivity contribution >= 4 is 0 Å². The number of halogens is 3. The molecule has 6 heteroatoms. The van der Waals surface area contributed by atoms with E-state index in [-0.39, 0.29) is 0 Å². The highest BCUT2D eigenvalue weighted by atomic mass is 19.4. The van der Waals surface area contributed by atoms with Crippen molar-refractivity contribution in [3.05, 3.63) is 0 Å². The topological polar surface area (TPSA) is 40.5 Å². The highest BCUT2D eigenvalue weighted by molar-refractivity contribution is 4.40. The van der Waals surface area contributed by atoms with Gasteiger partial charge >= 0.3 is 6.30 Å². The molecular formula is C6H13F3NO2+. The zero-order chi connectivity index (χ0) is 9.83. The third-order valence-electron chi connectivity index (χ3n) is 1.80. The van der Waals surface area contributed by atoms with Crippen molar-refractivity contribution in [3.8, 4) is 0 Å². The van der Waals surface area contributed by atoms with E-state index >= 15 is 0 Å². The van der Waals surface area contributed by atoms with Gasteiger partial charge in [-0.15, -0.1) is 13.2 Å². The Labute approximate surface area is 68.6 Å². The number of alkyl halides is 3. The highest BCUT2D eigenvalue weighted by Crippen LogP contribution is 2.27. The van der Waals surface area contributed by atoms with Gasteiger partial charge in [-0.05, 0) is 0 Å². The summed E-state index contributed by atoms with van der Waals surface area (Å²) in [7, 11) is 0.937. The number of rotatable bonds is 4. The maximum Gasteiger partial charge on any atom is 0.561 e. The van der Waals surface area contributed by atoms with E-state index in [1.165, 1.54) is 0 Å². The van der Waals surface area contributed by atoms with Crippen molar-refractivity contribution in [1.29, 1.82) is 0 Å². The number of hydrogen-bond acceptors (Lipinski definition) is 2. The van der Waals surface area contributed by atoms with Crippen molar-refractivity contribution in [1.82, 2.24) is 0 Å². The lowest BCUT2D eigenvalue weighted by Gasteiger charge is -2.33. The Bertz CT molecular complexity index is 131. The lowest BCUT2D eigenvalue weighted by atomic mass is 10.4. The summed E-state index contributed by atoms with van der Waals surface area (Å²) in [5, 5.41) is 16.8. The van der Waals surface area contributed by atoms with E-state index in [0.29, 0.717) is 0 Å². The molecule has 0 unspecified atom stereocenters. The maximum atomic E-state index is 12.2. The Balaban J connectivity index is 4.38. The zero-order valence-corrected chi connectivity index (χ0v) is 6.80. The molecule has 74 valence electrons. The Morgan fingerprint density at radius 1 is 1.08 bits per heavy atom. The average Bonchev–Trinajstić information content (AvgIpc) is 1.86. The Morgan fingerprint density at radius 3 is 1.58 bits per heavy atom. The molecule has 0 aromatic rings. The van der Waals surface area contributed by atoms with E-state index in [1.54, 1.807) is 0 Å². The molecule has 0 rings (SSSR count). The number of quaternary nitrogens is 1. The van der Waals surface area contributed by atoms with Gasteiger partial charge in [0.1, 0.15) is 13.1 Å². The summed E-state index contributed by atoms with van der Waals surface area (Å²) in [5.74, 6) is 0. The second-order valence-corrected chi connectivity index (χ2v) is 2.76. The van der Waals surface area contributed by atoms with Crippen LogP contribution in [0.1, 0.15) is 0 Å². The van der Waals surface area contributed by atoms with Gasteiger partial charge in [-0.2, -0.15) is 0 Å². The first-order chi connectivity index (χ1) is 5.37. The van der Waals surface area contributed by atoms with Crippen molar-refractivity contribution in [2.45, 2.75) is 6.30 Å². The largest absolute Gasteiger partial charge is 0.561 e. The van der Waals surface area contributed by atoms with Gasteiger partial charge < -0.3 is 10.2 Å². The van der Waals surface area contributed by atoms with Gasteiger partial charge in [-0.3, -0.25) is 0 Å². The molecule has 0 aliphatic heterocycles. The van der Waals surface area contributed by atoms with Crippen LogP contribution >= 0.6 is 0 Å². The van der Waals surface area contributed by atoms with Crippen LogP contribution in [0.25, 0.3) is 0 Å². The van der Waals surface area contributed by atoms with E-state index in [9.17, 15) is 13.2 Å². The molecule has 0 atom stereocenters. The molecule has 0 fully saturated rings. The summed E-state index contributed by atoms with van der Waals surface area (Å²) in [6, 6.07) is 0. The summed E-state index contributed by atoms with van der Waals surface area (Å²) in [6.07, 6.45) is -4.43. The summed E-state index contributed by atoms with van der Waals surface area (Å²) in [5.41, 5.74) is 0. The standard InChI is InChI=1S/C6H13F3NO2/c1-10(2-4-11,3-5-12)6(7,8)9/h11-12H,2-5H2,1H3/q+1. The summed E-state index contributed by atoms with van der Waals surface area (Å²) >= 11 is 0. The van der Waals surface area contributed by atoms with Crippen molar-refractivity contribution in [2.24, 2.45) is 0 Å². The van der Waals surface area contributed by atoms with Crippen LogP contribution in [-0.2, 0) is 0 Å². The molecule has 12 heavy (non-hydrogen) atoms. The third kappa shape index (κ3) is 2.62. The summed E-state index contributed by atoms with van der Waals surface area (Å²) < 4.78 is 35.4. The van der Waals surface area contributed by atoms with Gasteiger partial charge in [0.05, 0.1) is 20.3 Å². The molecule has 0 aliphatic rings. The lowest BCUT2D eigenvalue weighted by molar-refractivity contribution is -1.01. The zero-order valence-electron chi connectivity index (χ0n) is 6.80. The van der Waals surface area contributed by atoms with Crippen LogP contribution < -0.4 is 0 Å². The van der Waals surface area contributed by atoms with Crippen LogP contribution in [0, 0.1) is 0 Å². The average molecular weight is 188 g/mol. The quantitative estimate of drug-likeness (QED) is 0.479. The van der Waals surface area contributed by atoms with E-state index in [2.05, 4.69) is 0 Å². The van der Waals surface area contributed by atoms with Crippen LogP contribution in [0.3, 0.4) is 0 Å². The molecule has 0 radical (unpaired) electrons. The SMILES string of the molecule is C[N+](CCO)(CCO)C(F)(F)F. The molecule has 0 saturated carbocycles. The van der Waals surface area contributed by atoms with Crippen LogP contribution in [0.15, 0.2) is 0 Å². The molecule has 0 bridgehead atoms. The second kappa shape index (κ2) is 4.06. The first-order valence-electron chi connectivity index (χ1n) is 3.50. The number of likely N-dealkylation sites (N-methyl/N-ethyl adjacent to an activating group) is 1. The first kappa shape index (κ1) is 11.7. The van der Waals surface area contributed by atoms with Crippen LogP contribution in [0.4, 0.5) is 13.2 Å². The molecule has 2 N–H and O–H groups in total. The van der Waals surface area contributed by atoms with E-state index in [0.717, 1.165) is 7.05 Å². The fourth-order valence-corrected chi connectivity index (χ4v) is 0.807. The molecule has 0 amide bonds. The van der Waals surface area contributed by atoms with Gasteiger partial charge in [0.15, 0.2) is 0 Å². The van der Waals surface area contributed by atoms with Crippen LogP contribution in [-0.4, -0.2) is 54.3 Å². The molecule has 0 aliphatic carbocycles. The summed E-state index contributed by atoms with van der Waals surface area (Å²) in [6.45, 7) is -1.94. The molecule has 0 aromatic carbocycles. The number of hydrogen-bond donors (Lipinski definition) is 2. The van der Waals surface area contributed by atoms with Crippen molar-refractivity contribution in [2.75, 3.05) is 33.4 Å². The molecule has 0 saturated heterocycles. The van der Waals surface area contributed by atoms with E-state index in [1.807, 2.05) is 0 Å². The van der Waals surface area contributed by atoms with Gasteiger partial charge in [0, 0.05) is 0 Å². The highest BCUT2D eigenvalue weighted by Gasteiger charge is 2.50. The number of nitrogens with zero attached hydrogens (tertiary/aromatic N) is 1. The molecular weight excluding hydrogens is 175 g/mol. The molecule has 3 nitrogen and oxygen atoms in total. The lowest BCUT2D eigenvalue weighted by Crippen LogP contribution is -2.57. The normalized spacial score (nSPS) is 13.5. The predicted octanol–water partition coefficient (Wildman–Crippen LogP) is -0.0626. The molecule has 0 heterocycles. The van der Waals surface area contributed by atoms with Gasteiger partial charge in [-0.1, -0.05) is 0 Å². The smallest absolute Gasteiger partial charge is 0.391 e. The second-order valence-electron chi connectivity index (χ2n) is 2.76.